The molecule has 0 bridgehead atoms. The minimum absolute atomic E-state index is 0.720. The van der Waals surface area contributed by atoms with Gasteiger partial charge in [0.05, 0.1) is 12.9 Å². The zero-order valence-electron chi connectivity index (χ0n) is 6.63. The highest BCUT2D eigenvalue weighted by molar-refractivity contribution is 5.18. The van der Waals surface area contributed by atoms with Crippen molar-refractivity contribution in [2.75, 3.05) is 6.61 Å². The van der Waals surface area contributed by atoms with Crippen LogP contribution in [0.25, 0.3) is 0 Å². The van der Waals surface area contributed by atoms with Gasteiger partial charge in [0.1, 0.15) is 0 Å². The Labute approximate surface area is 62.7 Å². The monoisotopic (exact) mass is 138 g/mol. The quantitative estimate of drug-likeness (QED) is 0.428. The van der Waals surface area contributed by atoms with Gasteiger partial charge in [0.15, 0.2) is 0 Å². The minimum atomic E-state index is 0.720. The van der Waals surface area contributed by atoms with Crippen molar-refractivity contribution in [1.29, 1.82) is 0 Å². The maximum Gasteiger partial charge on any atom is 0.0845 e. The summed E-state index contributed by atoms with van der Waals surface area (Å²) in [6.45, 7) is 8.28. The first-order valence-corrected chi connectivity index (χ1v) is 3.38. The molecule has 0 fully saturated rings. The summed E-state index contributed by atoms with van der Waals surface area (Å²) in [6, 6.07) is 0. The molecule has 0 heterocycles. The summed E-state index contributed by atoms with van der Waals surface area (Å²) >= 11 is 0. The summed E-state index contributed by atoms with van der Waals surface area (Å²) in [5, 5.41) is 0. The summed E-state index contributed by atoms with van der Waals surface area (Å²) in [5.41, 5.74) is 1.14. The van der Waals surface area contributed by atoms with Gasteiger partial charge < -0.3 is 4.74 Å². The van der Waals surface area contributed by atoms with Crippen LogP contribution in [0.5, 0.6) is 0 Å². The average molecular weight is 138 g/mol. The Morgan fingerprint density at radius 2 is 2.30 bits per heavy atom. The zero-order chi connectivity index (χ0) is 7.82. The molecule has 10 heavy (non-hydrogen) atoms. The molecule has 0 unspecified atom stereocenters. The Hall–Kier alpha value is -0.980. The van der Waals surface area contributed by atoms with E-state index in [0.717, 1.165) is 12.2 Å². The maximum absolute atomic E-state index is 4.97. The molecule has 0 rings (SSSR count). The van der Waals surface area contributed by atoms with Gasteiger partial charge in [0.2, 0.25) is 0 Å². The molecular weight excluding hydrogens is 124 g/mol. The first-order valence-electron chi connectivity index (χ1n) is 3.38. The van der Waals surface area contributed by atoms with E-state index in [2.05, 4.69) is 6.58 Å². The van der Waals surface area contributed by atoms with Crippen LogP contribution in [0.15, 0.2) is 36.6 Å². The normalized spacial score (nSPS) is 12.0. The number of rotatable bonds is 4. The summed E-state index contributed by atoms with van der Waals surface area (Å²) < 4.78 is 4.97. The molecule has 0 aromatic carbocycles. The lowest BCUT2D eigenvalue weighted by Gasteiger charge is -1.89. The molecule has 1 heteroatoms. The van der Waals surface area contributed by atoms with Crippen LogP contribution in [0.2, 0.25) is 0 Å². The third kappa shape index (κ3) is 5.16. The second-order valence-corrected chi connectivity index (χ2v) is 1.90. The SMILES string of the molecule is C=C/C(C)=C\C=C\OCC. The Bertz CT molecular complexity index is 143. The van der Waals surface area contributed by atoms with E-state index in [1.165, 1.54) is 0 Å². The molecule has 0 spiro atoms. The van der Waals surface area contributed by atoms with Crippen LogP contribution in [0.3, 0.4) is 0 Å². The molecular formula is C9H14O. The summed E-state index contributed by atoms with van der Waals surface area (Å²) in [7, 11) is 0. The fraction of sp³-hybridized carbons (Fsp3) is 0.333. The van der Waals surface area contributed by atoms with Gasteiger partial charge in [0, 0.05) is 0 Å². The molecule has 0 aromatic rings. The Kier molecular flexibility index (Phi) is 5.54. The third-order valence-electron chi connectivity index (χ3n) is 1.02. The van der Waals surface area contributed by atoms with E-state index in [1.807, 2.05) is 26.0 Å². The predicted octanol–water partition coefficient (Wildman–Crippen LogP) is 2.67. The molecule has 0 N–H and O–H groups in total. The van der Waals surface area contributed by atoms with Gasteiger partial charge in [-0.1, -0.05) is 24.3 Å². The van der Waals surface area contributed by atoms with E-state index in [1.54, 1.807) is 12.3 Å². The number of hydrogen-bond acceptors (Lipinski definition) is 1. The van der Waals surface area contributed by atoms with E-state index < -0.39 is 0 Å². The van der Waals surface area contributed by atoms with Gasteiger partial charge in [-0.25, -0.2) is 0 Å². The number of allylic oxidation sites excluding steroid dienone is 4. The average Bonchev–Trinajstić information content (AvgIpc) is 1.98. The molecule has 0 radical (unpaired) electrons. The first-order chi connectivity index (χ1) is 4.81. The smallest absolute Gasteiger partial charge is 0.0845 e. The second kappa shape index (κ2) is 6.14. The van der Waals surface area contributed by atoms with E-state index in [-0.39, 0.29) is 0 Å². The van der Waals surface area contributed by atoms with Crippen molar-refractivity contribution in [1.82, 2.24) is 0 Å². The standard InChI is InChI=1S/C9H14O/c1-4-9(3)7-6-8-10-5-2/h4,6-8H,1,5H2,2-3H3/b8-6+,9-7-. The molecule has 0 saturated carbocycles. The molecule has 0 saturated heterocycles. The van der Waals surface area contributed by atoms with Gasteiger partial charge >= 0.3 is 0 Å². The fourth-order valence-corrected chi connectivity index (χ4v) is 0.411. The van der Waals surface area contributed by atoms with Crippen LogP contribution in [-0.4, -0.2) is 6.61 Å². The van der Waals surface area contributed by atoms with Crippen molar-refractivity contribution in [3.8, 4) is 0 Å². The highest BCUT2D eigenvalue weighted by Gasteiger charge is 1.73. The van der Waals surface area contributed by atoms with Crippen LogP contribution in [0.1, 0.15) is 13.8 Å². The van der Waals surface area contributed by atoms with Crippen molar-refractivity contribution in [3.63, 3.8) is 0 Å². The highest BCUT2D eigenvalue weighted by atomic mass is 16.5. The molecule has 0 amide bonds. The van der Waals surface area contributed by atoms with Gasteiger partial charge in [-0.2, -0.15) is 0 Å². The number of hydrogen-bond donors (Lipinski definition) is 0. The third-order valence-corrected chi connectivity index (χ3v) is 1.02. The lowest BCUT2D eigenvalue weighted by Crippen LogP contribution is -1.75. The molecule has 0 aliphatic heterocycles. The summed E-state index contributed by atoms with van der Waals surface area (Å²) in [4.78, 5) is 0. The van der Waals surface area contributed by atoms with Crippen LogP contribution in [-0.2, 0) is 4.74 Å². The molecule has 0 aromatic heterocycles. The van der Waals surface area contributed by atoms with Crippen molar-refractivity contribution >= 4 is 0 Å². The summed E-state index contributed by atoms with van der Waals surface area (Å²) in [6.07, 6.45) is 7.28. The van der Waals surface area contributed by atoms with E-state index in [0.29, 0.717) is 0 Å². The minimum Gasteiger partial charge on any atom is -0.501 e. The highest BCUT2D eigenvalue weighted by Crippen LogP contribution is 1.92. The summed E-state index contributed by atoms with van der Waals surface area (Å²) in [5.74, 6) is 0. The fourth-order valence-electron chi connectivity index (χ4n) is 0.411. The lowest BCUT2D eigenvalue weighted by molar-refractivity contribution is 0.269. The Morgan fingerprint density at radius 3 is 2.80 bits per heavy atom. The predicted molar refractivity (Wildman–Crippen MR) is 44.7 cm³/mol. The van der Waals surface area contributed by atoms with E-state index >= 15 is 0 Å². The van der Waals surface area contributed by atoms with E-state index in [9.17, 15) is 0 Å². The van der Waals surface area contributed by atoms with E-state index in [4.69, 9.17) is 4.74 Å². The Morgan fingerprint density at radius 1 is 1.60 bits per heavy atom. The van der Waals surface area contributed by atoms with Gasteiger partial charge in [0.25, 0.3) is 0 Å². The topological polar surface area (TPSA) is 9.23 Å². The van der Waals surface area contributed by atoms with Crippen molar-refractivity contribution < 1.29 is 4.74 Å². The molecule has 0 aliphatic carbocycles. The van der Waals surface area contributed by atoms with Crippen molar-refractivity contribution in [3.05, 3.63) is 36.6 Å². The zero-order valence-corrected chi connectivity index (χ0v) is 6.63. The van der Waals surface area contributed by atoms with Crippen molar-refractivity contribution in [2.24, 2.45) is 0 Å². The molecule has 0 aliphatic rings. The van der Waals surface area contributed by atoms with Crippen LogP contribution in [0, 0.1) is 0 Å². The Balaban J connectivity index is 3.59. The second-order valence-electron chi connectivity index (χ2n) is 1.90. The van der Waals surface area contributed by atoms with Crippen LogP contribution < -0.4 is 0 Å². The van der Waals surface area contributed by atoms with Crippen molar-refractivity contribution in [2.45, 2.75) is 13.8 Å². The molecule has 1 nitrogen and oxygen atoms in total. The molecule has 0 atom stereocenters. The first kappa shape index (κ1) is 9.02. The van der Waals surface area contributed by atoms with Gasteiger partial charge in [-0.05, 0) is 19.9 Å². The van der Waals surface area contributed by atoms with Gasteiger partial charge in [-0.15, -0.1) is 0 Å². The largest absolute Gasteiger partial charge is 0.501 e. The van der Waals surface area contributed by atoms with Crippen LogP contribution >= 0.6 is 0 Å². The maximum atomic E-state index is 4.97. The van der Waals surface area contributed by atoms with Gasteiger partial charge in [-0.3, -0.25) is 0 Å². The molecule has 56 valence electrons. The lowest BCUT2D eigenvalue weighted by atomic mass is 10.3. The number of ether oxygens (including phenoxy) is 1. The van der Waals surface area contributed by atoms with Crippen LogP contribution in [0.4, 0.5) is 0 Å².